The van der Waals surface area contributed by atoms with Crippen molar-refractivity contribution in [3.8, 4) is 0 Å². The van der Waals surface area contributed by atoms with E-state index in [2.05, 4.69) is 0 Å². The summed E-state index contributed by atoms with van der Waals surface area (Å²) in [6.07, 6.45) is 2.35. The highest BCUT2D eigenvalue weighted by molar-refractivity contribution is 7.14. The Kier molecular flexibility index (Phi) is 4.15. The number of alkyl halides is 2. The number of halogens is 2. The Morgan fingerprint density at radius 2 is 2.28 bits per heavy atom. The molecule has 0 radical (unpaired) electrons. The molecule has 1 aromatic heterocycles. The van der Waals surface area contributed by atoms with Crippen LogP contribution in [-0.4, -0.2) is 11.7 Å². The minimum absolute atomic E-state index is 0.0172. The van der Waals surface area contributed by atoms with Gasteiger partial charge in [0, 0.05) is 24.1 Å². The molecule has 0 bridgehead atoms. The van der Waals surface area contributed by atoms with Crippen LogP contribution in [0, 0.1) is 5.92 Å². The number of aryl methyl sites for hydroxylation is 1. The fourth-order valence-corrected chi connectivity index (χ4v) is 3.43. The number of ketones is 1. The van der Waals surface area contributed by atoms with Crippen LogP contribution in [0.3, 0.4) is 0 Å². The van der Waals surface area contributed by atoms with Gasteiger partial charge in [-0.1, -0.05) is 6.92 Å². The standard InChI is InChI=1S/C14H18F2OS/c1-2-11-5-6-13(18-11)12(17)8-10-4-3-7-14(15,16)9-10/h5-6,10H,2-4,7-9H2,1H3. The van der Waals surface area contributed by atoms with Crippen LogP contribution in [0.15, 0.2) is 12.1 Å². The second-order valence-corrected chi connectivity index (χ2v) is 6.23. The van der Waals surface area contributed by atoms with Crippen molar-refractivity contribution in [2.75, 3.05) is 0 Å². The Bertz CT molecular complexity index is 425. The van der Waals surface area contributed by atoms with E-state index in [1.54, 1.807) is 0 Å². The number of thiophene rings is 1. The van der Waals surface area contributed by atoms with Crippen molar-refractivity contribution in [3.05, 3.63) is 21.9 Å². The largest absolute Gasteiger partial charge is 0.293 e. The summed E-state index contributed by atoms with van der Waals surface area (Å²) in [5, 5.41) is 0. The minimum Gasteiger partial charge on any atom is -0.293 e. The molecule has 0 aliphatic heterocycles. The molecule has 18 heavy (non-hydrogen) atoms. The molecule has 1 aromatic rings. The molecule has 1 saturated carbocycles. The summed E-state index contributed by atoms with van der Waals surface area (Å²) >= 11 is 1.49. The van der Waals surface area contributed by atoms with Gasteiger partial charge in [-0.2, -0.15) is 0 Å². The molecular weight excluding hydrogens is 254 g/mol. The molecule has 0 N–H and O–H groups in total. The molecule has 1 fully saturated rings. The molecule has 1 heterocycles. The summed E-state index contributed by atoms with van der Waals surface area (Å²) in [5.41, 5.74) is 0. The number of hydrogen-bond donors (Lipinski definition) is 0. The maximum atomic E-state index is 13.3. The molecule has 1 atom stereocenters. The van der Waals surface area contributed by atoms with Gasteiger partial charge in [0.15, 0.2) is 5.78 Å². The zero-order valence-corrected chi connectivity index (χ0v) is 11.4. The molecule has 0 aromatic carbocycles. The van der Waals surface area contributed by atoms with Crippen molar-refractivity contribution in [1.82, 2.24) is 0 Å². The van der Waals surface area contributed by atoms with E-state index in [1.165, 1.54) is 16.2 Å². The lowest BCUT2D eigenvalue weighted by Crippen LogP contribution is -2.27. The Hall–Kier alpha value is -0.770. The van der Waals surface area contributed by atoms with E-state index in [0.717, 1.165) is 17.7 Å². The van der Waals surface area contributed by atoms with Gasteiger partial charge in [0.1, 0.15) is 0 Å². The SMILES string of the molecule is CCc1ccc(C(=O)CC2CCCC(F)(F)C2)s1. The third-order valence-corrected chi connectivity index (χ3v) is 4.77. The van der Waals surface area contributed by atoms with Crippen molar-refractivity contribution in [1.29, 1.82) is 0 Å². The Balaban J connectivity index is 1.94. The first-order valence-electron chi connectivity index (χ1n) is 6.50. The monoisotopic (exact) mass is 272 g/mol. The highest BCUT2D eigenvalue weighted by atomic mass is 32.1. The fraction of sp³-hybridized carbons (Fsp3) is 0.643. The van der Waals surface area contributed by atoms with Crippen LogP contribution in [-0.2, 0) is 6.42 Å². The van der Waals surface area contributed by atoms with E-state index in [0.29, 0.717) is 6.42 Å². The average molecular weight is 272 g/mol. The molecule has 0 amide bonds. The molecule has 100 valence electrons. The van der Waals surface area contributed by atoms with Gasteiger partial charge in [-0.05, 0) is 37.3 Å². The summed E-state index contributed by atoms with van der Waals surface area (Å²) in [7, 11) is 0. The smallest absolute Gasteiger partial charge is 0.248 e. The summed E-state index contributed by atoms with van der Waals surface area (Å²) in [4.78, 5) is 13.9. The number of Topliss-reactive ketones (excluding diaryl/α,β-unsaturated/α-hetero) is 1. The van der Waals surface area contributed by atoms with Crippen molar-refractivity contribution in [2.45, 2.75) is 51.4 Å². The summed E-state index contributed by atoms with van der Waals surface area (Å²) < 4.78 is 26.5. The third-order valence-electron chi connectivity index (χ3n) is 3.50. The van der Waals surface area contributed by atoms with Gasteiger partial charge in [-0.25, -0.2) is 8.78 Å². The zero-order valence-electron chi connectivity index (χ0n) is 10.5. The fourth-order valence-electron chi connectivity index (χ4n) is 2.53. The van der Waals surface area contributed by atoms with Crippen LogP contribution in [0.5, 0.6) is 0 Å². The van der Waals surface area contributed by atoms with Gasteiger partial charge in [0.05, 0.1) is 4.88 Å². The van der Waals surface area contributed by atoms with Gasteiger partial charge in [0.25, 0.3) is 0 Å². The van der Waals surface area contributed by atoms with E-state index in [9.17, 15) is 13.6 Å². The maximum absolute atomic E-state index is 13.3. The normalized spacial score (nSPS) is 22.9. The molecule has 1 aliphatic rings. The first-order valence-corrected chi connectivity index (χ1v) is 7.31. The van der Waals surface area contributed by atoms with Crippen molar-refractivity contribution < 1.29 is 13.6 Å². The first-order chi connectivity index (χ1) is 8.50. The Morgan fingerprint density at radius 1 is 1.50 bits per heavy atom. The molecule has 4 heteroatoms. The molecule has 1 aliphatic carbocycles. The van der Waals surface area contributed by atoms with E-state index >= 15 is 0 Å². The Labute approximate surface area is 110 Å². The van der Waals surface area contributed by atoms with E-state index in [-0.39, 0.29) is 31.0 Å². The van der Waals surface area contributed by atoms with E-state index < -0.39 is 5.92 Å². The number of rotatable bonds is 4. The molecule has 1 unspecified atom stereocenters. The topological polar surface area (TPSA) is 17.1 Å². The lowest BCUT2D eigenvalue weighted by atomic mass is 9.83. The van der Waals surface area contributed by atoms with Crippen molar-refractivity contribution >= 4 is 17.1 Å². The summed E-state index contributed by atoms with van der Waals surface area (Å²) in [5.74, 6) is -2.68. The van der Waals surface area contributed by atoms with Crippen LogP contribution in [0.2, 0.25) is 0 Å². The molecule has 1 nitrogen and oxygen atoms in total. The van der Waals surface area contributed by atoms with Crippen LogP contribution >= 0.6 is 11.3 Å². The predicted molar refractivity (Wildman–Crippen MR) is 69.5 cm³/mol. The first kappa shape index (κ1) is 13.7. The molecule has 2 rings (SSSR count). The molecule has 0 saturated heterocycles. The minimum atomic E-state index is -2.56. The molecular formula is C14H18F2OS. The highest BCUT2D eigenvalue weighted by Gasteiger charge is 2.36. The zero-order chi connectivity index (χ0) is 13.2. The van der Waals surface area contributed by atoms with Crippen LogP contribution < -0.4 is 0 Å². The van der Waals surface area contributed by atoms with E-state index in [1.807, 2.05) is 19.1 Å². The average Bonchev–Trinajstić information content (AvgIpc) is 2.76. The van der Waals surface area contributed by atoms with Crippen LogP contribution in [0.4, 0.5) is 8.78 Å². The number of hydrogen-bond acceptors (Lipinski definition) is 2. The predicted octanol–water partition coefficient (Wildman–Crippen LogP) is 4.71. The lowest BCUT2D eigenvalue weighted by molar-refractivity contribution is -0.0521. The van der Waals surface area contributed by atoms with Gasteiger partial charge < -0.3 is 0 Å². The van der Waals surface area contributed by atoms with Crippen molar-refractivity contribution in [2.24, 2.45) is 5.92 Å². The summed E-state index contributed by atoms with van der Waals surface area (Å²) in [6.45, 7) is 2.04. The van der Waals surface area contributed by atoms with Crippen molar-refractivity contribution in [3.63, 3.8) is 0 Å². The maximum Gasteiger partial charge on any atom is 0.248 e. The second-order valence-electron chi connectivity index (χ2n) is 5.07. The summed E-state index contributed by atoms with van der Waals surface area (Å²) in [6, 6.07) is 3.78. The number of carbonyl (C=O) groups excluding carboxylic acids is 1. The third kappa shape index (κ3) is 3.37. The number of carbonyl (C=O) groups is 1. The van der Waals surface area contributed by atoms with Crippen LogP contribution in [0.1, 0.15) is 53.6 Å². The van der Waals surface area contributed by atoms with Gasteiger partial charge in [-0.3, -0.25) is 4.79 Å². The Morgan fingerprint density at radius 3 is 2.89 bits per heavy atom. The van der Waals surface area contributed by atoms with Gasteiger partial charge in [0.2, 0.25) is 5.92 Å². The quantitative estimate of drug-likeness (QED) is 0.725. The van der Waals surface area contributed by atoms with Crippen LogP contribution in [0.25, 0.3) is 0 Å². The van der Waals surface area contributed by atoms with Gasteiger partial charge in [-0.15, -0.1) is 11.3 Å². The van der Waals surface area contributed by atoms with Gasteiger partial charge >= 0.3 is 0 Å². The highest BCUT2D eigenvalue weighted by Crippen LogP contribution is 2.38. The molecule has 0 spiro atoms. The van der Waals surface area contributed by atoms with E-state index in [4.69, 9.17) is 0 Å². The lowest BCUT2D eigenvalue weighted by Gasteiger charge is -2.28. The second kappa shape index (κ2) is 5.47.